The van der Waals surface area contributed by atoms with Gasteiger partial charge in [0.25, 0.3) is 0 Å². The average Bonchev–Trinajstić information content (AvgIpc) is 2.35. The van der Waals surface area contributed by atoms with Crippen LogP contribution in [-0.4, -0.2) is 29.6 Å². The lowest BCUT2D eigenvalue weighted by atomic mass is 9.98. The van der Waals surface area contributed by atoms with Crippen molar-refractivity contribution >= 4 is 5.69 Å². The summed E-state index contributed by atoms with van der Waals surface area (Å²) in [5.74, 6) is 0.827. The Balaban J connectivity index is 1.94. The fourth-order valence-corrected chi connectivity index (χ4v) is 2.46. The Bertz CT molecular complexity index is 397. The lowest BCUT2D eigenvalue weighted by Crippen LogP contribution is -2.36. The van der Waals surface area contributed by atoms with Crippen LogP contribution in [0.4, 0.5) is 5.69 Å². The van der Waals surface area contributed by atoms with Gasteiger partial charge < -0.3 is 15.7 Å². The summed E-state index contributed by atoms with van der Waals surface area (Å²) in [5, 5.41) is 10.3. The molecule has 1 fully saturated rings. The Morgan fingerprint density at radius 1 is 1.39 bits per heavy atom. The smallest absolute Gasteiger partial charge is 0.0917 e. The number of likely N-dealkylation sites (tertiary alicyclic amines) is 1. The number of rotatable bonds is 3. The van der Waals surface area contributed by atoms with Crippen LogP contribution < -0.4 is 5.73 Å². The van der Waals surface area contributed by atoms with E-state index in [4.69, 9.17) is 5.73 Å². The summed E-state index contributed by atoms with van der Waals surface area (Å²) < 4.78 is 0. The van der Waals surface area contributed by atoms with Gasteiger partial charge in [-0.3, -0.25) is 0 Å². The van der Waals surface area contributed by atoms with E-state index in [0.29, 0.717) is 0 Å². The maximum atomic E-state index is 10.3. The molecular formula is C15H24N2O. The van der Waals surface area contributed by atoms with Gasteiger partial charge in [-0.05, 0) is 56.0 Å². The van der Waals surface area contributed by atoms with E-state index in [1.54, 1.807) is 0 Å². The van der Waals surface area contributed by atoms with Crippen LogP contribution in [0, 0.1) is 12.8 Å². The zero-order valence-corrected chi connectivity index (χ0v) is 11.4. The molecule has 1 saturated heterocycles. The number of aryl methyl sites for hydroxylation is 1. The number of nitrogens with two attached hydrogens (primary N) is 1. The molecule has 1 atom stereocenters. The van der Waals surface area contributed by atoms with E-state index >= 15 is 0 Å². The van der Waals surface area contributed by atoms with E-state index in [-0.39, 0.29) is 0 Å². The first-order valence-corrected chi connectivity index (χ1v) is 6.82. The second kappa shape index (κ2) is 5.72. The molecule has 0 saturated carbocycles. The van der Waals surface area contributed by atoms with Gasteiger partial charge in [-0.1, -0.05) is 19.1 Å². The van der Waals surface area contributed by atoms with Crippen LogP contribution in [0.5, 0.6) is 0 Å². The first-order valence-electron chi connectivity index (χ1n) is 6.82. The normalized spacial score (nSPS) is 19.9. The standard InChI is InChI=1S/C15H24N2O/c1-11-5-7-17(8-6-11)10-15(18)13-4-3-12(2)14(16)9-13/h3-4,9,11,15,18H,5-8,10,16H2,1-2H3. The van der Waals surface area contributed by atoms with Crippen molar-refractivity contribution < 1.29 is 5.11 Å². The first kappa shape index (κ1) is 13.4. The van der Waals surface area contributed by atoms with Gasteiger partial charge in [-0.2, -0.15) is 0 Å². The van der Waals surface area contributed by atoms with Crippen LogP contribution >= 0.6 is 0 Å². The number of anilines is 1. The molecule has 3 nitrogen and oxygen atoms in total. The van der Waals surface area contributed by atoms with Crippen LogP contribution in [0.2, 0.25) is 0 Å². The highest BCUT2D eigenvalue weighted by atomic mass is 16.3. The van der Waals surface area contributed by atoms with E-state index in [2.05, 4.69) is 11.8 Å². The lowest BCUT2D eigenvalue weighted by Gasteiger charge is -2.31. The molecule has 0 radical (unpaired) electrons. The van der Waals surface area contributed by atoms with Crippen molar-refractivity contribution in [3.05, 3.63) is 29.3 Å². The van der Waals surface area contributed by atoms with Gasteiger partial charge in [0.05, 0.1) is 6.10 Å². The minimum Gasteiger partial charge on any atom is -0.399 e. The lowest BCUT2D eigenvalue weighted by molar-refractivity contribution is 0.0916. The summed E-state index contributed by atoms with van der Waals surface area (Å²) in [6.45, 7) is 7.19. The van der Waals surface area contributed by atoms with Gasteiger partial charge in [-0.15, -0.1) is 0 Å². The summed E-state index contributed by atoms with van der Waals surface area (Å²) in [6.07, 6.45) is 2.05. The molecule has 0 spiro atoms. The topological polar surface area (TPSA) is 49.5 Å². The fraction of sp³-hybridized carbons (Fsp3) is 0.600. The molecule has 0 bridgehead atoms. The molecule has 0 amide bonds. The maximum Gasteiger partial charge on any atom is 0.0917 e. The molecule has 0 aliphatic carbocycles. The molecule has 1 aromatic carbocycles. The van der Waals surface area contributed by atoms with Gasteiger partial charge in [0.15, 0.2) is 0 Å². The summed E-state index contributed by atoms with van der Waals surface area (Å²) in [7, 11) is 0. The van der Waals surface area contributed by atoms with Crippen molar-refractivity contribution in [3.63, 3.8) is 0 Å². The molecule has 1 aliphatic heterocycles. The summed E-state index contributed by atoms with van der Waals surface area (Å²) in [5.41, 5.74) is 8.64. The van der Waals surface area contributed by atoms with Crippen LogP contribution in [0.1, 0.15) is 37.0 Å². The predicted octanol–water partition coefficient (Wildman–Crippen LogP) is 2.34. The Kier molecular flexibility index (Phi) is 4.25. The summed E-state index contributed by atoms with van der Waals surface area (Å²) in [6, 6.07) is 5.85. The van der Waals surface area contributed by atoms with Gasteiger partial charge >= 0.3 is 0 Å². The van der Waals surface area contributed by atoms with Crippen LogP contribution in [0.25, 0.3) is 0 Å². The molecule has 3 heteroatoms. The van der Waals surface area contributed by atoms with E-state index < -0.39 is 6.10 Å². The van der Waals surface area contributed by atoms with Gasteiger partial charge in [0.1, 0.15) is 0 Å². The van der Waals surface area contributed by atoms with E-state index in [0.717, 1.165) is 42.4 Å². The molecular weight excluding hydrogens is 224 g/mol. The number of nitrogen functional groups attached to an aromatic ring is 1. The van der Waals surface area contributed by atoms with Gasteiger partial charge in [0, 0.05) is 12.2 Å². The Morgan fingerprint density at radius 3 is 2.67 bits per heavy atom. The number of benzene rings is 1. The van der Waals surface area contributed by atoms with Crippen LogP contribution in [-0.2, 0) is 0 Å². The summed E-state index contributed by atoms with van der Waals surface area (Å²) in [4.78, 5) is 2.35. The van der Waals surface area contributed by atoms with Gasteiger partial charge in [-0.25, -0.2) is 0 Å². The SMILES string of the molecule is Cc1ccc(C(O)CN2CCC(C)CC2)cc1N. The quantitative estimate of drug-likeness (QED) is 0.807. The second-order valence-corrected chi connectivity index (χ2v) is 5.61. The zero-order valence-electron chi connectivity index (χ0n) is 11.4. The molecule has 3 N–H and O–H groups in total. The summed E-state index contributed by atoms with van der Waals surface area (Å²) >= 11 is 0. The van der Waals surface area contributed by atoms with Crippen molar-refractivity contribution in [2.24, 2.45) is 5.92 Å². The first-order chi connectivity index (χ1) is 8.56. The highest BCUT2D eigenvalue weighted by Crippen LogP contribution is 2.22. The number of hydrogen-bond donors (Lipinski definition) is 2. The molecule has 1 unspecified atom stereocenters. The van der Waals surface area contributed by atoms with Crippen LogP contribution in [0.15, 0.2) is 18.2 Å². The molecule has 0 aromatic heterocycles. The third-order valence-electron chi connectivity index (χ3n) is 4.00. The number of β-amino-alcohol motifs (C(OH)–C–C–N with tert-alkyl or cyclic N) is 1. The minimum absolute atomic E-state index is 0.429. The number of aliphatic hydroxyl groups excluding tert-OH is 1. The predicted molar refractivity (Wildman–Crippen MR) is 75.4 cm³/mol. The number of aliphatic hydroxyl groups is 1. The van der Waals surface area contributed by atoms with Crippen molar-refractivity contribution in [3.8, 4) is 0 Å². The Morgan fingerprint density at radius 2 is 2.06 bits per heavy atom. The number of nitrogens with zero attached hydrogens (tertiary/aromatic N) is 1. The highest BCUT2D eigenvalue weighted by Gasteiger charge is 2.19. The highest BCUT2D eigenvalue weighted by molar-refractivity contribution is 5.48. The largest absolute Gasteiger partial charge is 0.399 e. The average molecular weight is 248 g/mol. The molecule has 100 valence electrons. The van der Waals surface area contributed by atoms with Crippen molar-refractivity contribution in [1.29, 1.82) is 0 Å². The molecule has 1 aliphatic rings. The fourth-order valence-electron chi connectivity index (χ4n) is 2.46. The Hall–Kier alpha value is -1.06. The maximum absolute atomic E-state index is 10.3. The zero-order chi connectivity index (χ0) is 13.1. The molecule has 2 rings (SSSR count). The minimum atomic E-state index is -0.429. The van der Waals surface area contributed by atoms with E-state index in [1.807, 2.05) is 25.1 Å². The molecule has 1 aromatic rings. The van der Waals surface area contributed by atoms with Crippen LogP contribution in [0.3, 0.4) is 0 Å². The number of hydrogen-bond acceptors (Lipinski definition) is 3. The molecule has 1 heterocycles. The van der Waals surface area contributed by atoms with Crippen molar-refractivity contribution in [2.45, 2.75) is 32.8 Å². The van der Waals surface area contributed by atoms with Crippen molar-refractivity contribution in [2.75, 3.05) is 25.4 Å². The van der Waals surface area contributed by atoms with E-state index in [1.165, 1.54) is 12.8 Å². The second-order valence-electron chi connectivity index (χ2n) is 5.61. The Labute approximate surface area is 110 Å². The van der Waals surface area contributed by atoms with Crippen molar-refractivity contribution in [1.82, 2.24) is 4.90 Å². The monoisotopic (exact) mass is 248 g/mol. The third kappa shape index (κ3) is 3.24. The van der Waals surface area contributed by atoms with E-state index in [9.17, 15) is 5.11 Å². The third-order valence-corrected chi connectivity index (χ3v) is 4.00. The molecule has 18 heavy (non-hydrogen) atoms. The number of piperidine rings is 1. The van der Waals surface area contributed by atoms with Gasteiger partial charge in [0.2, 0.25) is 0 Å².